The minimum atomic E-state index is -0.298. The van der Waals surface area contributed by atoms with E-state index in [1.807, 2.05) is 42.5 Å². The molecule has 4 aliphatic rings. The zero-order valence-electron chi connectivity index (χ0n) is 17.6. The molecule has 32 heavy (non-hydrogen) atoms. The lowest BCUT2D eigenvalue weighted by atomic mass is 9.71. The van der Waals surface area contributed by atoms with Gasteiger partial charge in [-0.3, -0.25) is 14.5 Å². The average molecular weight is 422 g/mol. The van der Waals surface area contributed by atoms with Gasteiger partial charge in [0, 0.05) is 11.8 Å². The van der Waals surface area contributed by atoms with Gasteiger partial charge < -0.3 is 4.84 Å². The third-order valence-electron chi connectivity index (χ3n) is 8.03. The molecule has 5 heteroatoms. The van der Waals surface area contributed by atoms with Gasteiger partial charge in [-0.25, -0.2) is 0 Å². The molecule has 0 N–H and O–H groups in total. The second-order valence-corrected chi connectivity index (χ2v) is 9.60. The first-order chi connectivity index (χ1) is 15.6. The number of benzene rings is 3. The summed E-state index contributed by atoms with van der Waals surface area (Å²) in [4.78, 5) is 34.5. The number of rotatable bonds is 2. The van der Waals surface area contributed by atoms with Crippen molar-refractivity contribution >= 4 is 34.0 Å². The lowest BCUT2D eigenvalue weighted by Gasteiger charge is -2.29. The molecule has 0 unspecified atom stereocenters. The van der Waals surface area contributed by atoms with E-state index in [1.54, 1.807) is 0 Å². The predicted octanol–water partition coefficient (Wildman–Crippen LogP) is 4.32. The maximum absolute atomic E-state index is 13.6. The van der Waals surface area contributed by atoms with E-state index < -0.39 is 0 Å². The van der Waals surface area contributed by atoms with Crippen molar-refractivity contribution in [1.82, 2.24) is 0 Å². The van der Waals surface area contributed by atoms with Gasteiger partial charge in [-0.2, -0.15) is 0 Å². The minimum Gasteiger partial charge on any atom is -0.391 e. The first-order valence-corrected chi connectivity index (χ1v) is 11.3. The van der Waals surface area contributed by atoms with E-state index in [1.165, 1.54) is 10.5 Å². The minimum absolute atomic E-state index is 0.0450. The molecule has 2 bridgehead atoms. The Kier molecular flexibility index (Phi) is 3.56. The summed E-state index contributed by atoms with van der Waals surface area (Å²) >= 11 is 0. The van der Waals surface area contributed by atoms with Gasteiger partial charge in [0.15, 0.2) is 0 Å². The molecular formula is C27H22N2O3. The Balaban J connectivity index is 1.25. The van der Waals surface area contributed by atoms with Crippen LogP contribution in [0.3, 0.4) is 0 Å². The van der Waals surface area contributed by atoms with Crippen molar-refractivity contribution in [2.45, 2.75) is 19.4 Å². The number of imide groups is 1. The van der Waals surface area contributed by atoms with Crippen molar-refractivity contribution in [3.05, 3.63) is 77.9 Å². The molecule has 158 valence electrons. The van der Waals surface area contributed by atoms with Crippen LogP contribution in [0.1, 0.15) is 17.5 Å². The first kappa shape index (κ1) is 18.1. The van der Waals surface area contributed by atoms with E-state index in [2.05, 4.69) is 36.3 Å². The molecule has 5 nitrogen and oxygen atoms in total. The summed E-state index contributed by atoms with van der Waals surface area (Å²) in [7, 11) is 0. The van der Waals surface area contributed by atoms with Crippen molar-refractivity contribution in [3.63, 3.8) is 0 Å². The molecule has 2 aliphatic heterocycles. The predicted molar refractivity (Wildman–Crippen MR) is 121 cm³/mol. The number of nitrogens with zero attached hydrogens (tertiary/aromatic N) is 2. The normalized spacial score (nSPS) is 32.3. The van der Waals surface area contributed by atoms with Crippen molar-refractivity contribution in [3.8, 4) is 0 Å². The van der Waals surface area contributed by atoms with Crippen molar-refractivity contribution < 1.29 is 14.4 Å². The molecule has 3 fully saturated rings. The number of aryl methyl sites for hydroxylation is 1. The zero-order chi connectivity index (χ0) is 21.6. The highest BCUT2D eigenvalue weighted by atomic mass is 16.6. The Hall–Kier alpha value is -3.47. The number of carbonyl (C=O) groups is 2. The zero-order valence-corrected chi connectivity index (χ0v) is 17.6. The Morgan fingerprint density at radius 2 is 1.56 bits per heavy atom. The summed E-state index contributed by atoms with van der Waals surface area (Å²) in [5, 5.41) is 6.55. The number of carbonyl (C=O) groups excluding carboxylic acids is 2. The van der Waals surface area contributed by atoms with Crippen molar-refractivity contribution in [2.75, 3.05) is 4.90 Å². The van der Waals surface area contributed by atoms with Crippen molar-refractivity contribution in [1.29, 1.82) is 0 Å². The molecule has 2 saturated carbocycles. The van der Waals surface area contributed by atoms with Crippen LogP contribution in [0.2, 0.25) is 0 Å². The summed E-state index contributed by atoms with van der Waals surface area (Å²) in [6.07, 6.45) is 0.754. The van der Waals surface area contributed by atoms with Crippen LogP contribution in [0.5, 0.6) is 0 Å². The number of anilines is 1. The summed E-state index contributed by atoms with van der Waals surface area (Å²) in [5.41, 5.74) is 3.85. The van der Waals surface area contributed by atoms with E-state index in [0.29, 0.717) is 5.69 Å². The van der Waals surface area contributed by atoms with Gasteiger partial charge in [0.1, 0.15) is 6.10 Å². The molecule has 6 atom stereocenters. The van der Waals surface area contributed by atoms with E-state index in [0.717, 1.165) is 28.5 Å². The van der Waals surface area contributed by atoms with E-state index in [9.17, 15) is 9.59 Å². The summed E-state index contributed by atoms with van der Waals surface area (Å²) in [6, 6.07) is 22.1. The van der Waals surface area contributed by atoms with Crippen LogP contribution in [0.25, 0.3) is 10.8 Å². The average Bonchev–Trinajstić information content (AvgIpc) is 3.54. The van der Waals surface area contributed by atoms with Gasteiger partial charge in [-0.15, -0.1) is 0 Å². The maximum Gasteiger partial charge on any atom is 0.238 e. The van der Waals surface area contributed by atoms with Crippen LogP contribution in [0.15, 0.2) is 71.9 Å². The van der Waals surface area contributed by atoms with Gasteiger partial charge in [-0.05, 0) is 47.7 Å². The van der Waals surface area contributed by atoms with Crippen LogP contribution in [0.4, 0.5) is 5.69 Å². The number of amides is 2. The van der Waals surface area contributed by atoms with Gasteiger partial charge in [0.05, 0.1) is 23.2 Å². The smallest absolute Gasteiger partial charge is 0.238 e. The number of fused-ring (bicyclic) bond motifs is 9. The van der Waals surface area contributed by atoms with Crippen LogP contribution >= 0.6 is 0 Å². The van der Waals surface area contributed by atoms with Gasteiger partial charge in [0.2, 0.25) is 11.8 Å². The lowest BCUT2D eigenvalue weighted by molar-refractivity contribution is -0.125. The first-order valence-electron chi connectivity index (χ1n) is 11.3. The largest absolute Gasteiger partial charge is 0.391 e. The standard InChI is InChI=1S/C27H22N2O3/c1-14-6-8-16(9-7-14)24-23-19-13-20(25(23)32-28-24)22-21(19)26(30)29(27(22)31)18-11-10-15-4-2-3-5-17(15)12-18/h2-12,19-23,25H,13H2,1H3/t19-,20+,21+,22+,23-,25-/m1/s1. The fraction of sp³-hybridized carbons (Fsp3) is 0.296. The molecule has 3 aromatic rings. The van der Waals surface area contributed by atoms with Gasteiger partial charge >= 0.3 is 0 Å². The Labute approximate surface area is 185 Å². The molecule has 2 aliphatic carbocycles. The molecule has 2 amide bonds. The molecule has 3 aromatic carbocycles. The monoisotopic (exact) mass is 422 g/mol. The maximum atomic E-state index is 13.6. The lowest BCUT2D eigenvalue weighted by Crippen LogP contribution is -2.41. The van der Waals surface area contributed by atoms with Gasteiger partial charge in [-0.1, -0.05) is 65.3 Å². The van der Waals surface area contributed by atoms with E-state index in [4.69, 9.17) is 4.84 Å². The molecule has 0 aromatic heterocycles. The number of hydrogen-bond donors (Lipinski definition) is 0. The molecule has 1 saturated heterocycles. The Morgan fingerprint density at radius 1 is 0.844 bits per heavy atom. The fourth-order valence-corrected chi connectivity index (χ4v) is 6.66. The highest BCUT2D eigenvalue weighted by Crippen LogP contribution is 2.62. The third kappa shape index (κ3) is 2.26. The SMILES string of the molecule is Cc1ccc(C2=NO[C@@H]3[C@H]4C[C@@H]([C@H]23)[C@@H]2C(=O)N(c3ccc5ccccc5c3)C(=O)[C@@H]42)cc1. The van der Waals surface area contributed by atoms with Crippen molar-refractivity contribution in [2.24, 2.45) is 34.7 Å². The van der Waals surface area contributed by atoms with Crippen LogP contribution in [0, 0.1) is 36.5 Å². The highest BCUT2D eigenvalue weighted by Gasteiger charge is 2.70. The van der Waals surface area contributed by atoms with E-state index in [-0.39, 0.29) is 47.5 Å². The van der Waals surface area contributed by atoms with Crippen LogP contribution in [-0.4, -0.2) is 23.6 Å². The number of hydrogen-bond acceptors (Lipinski definition) is 4. The van der Waals surface area contributed by atoms with Crippen LogP contribution < -0.4 is 4.90 Å². The number of oxime groups is 1. The topological polar surface area (TPSA) is 59.0 Å². The molecule has 0 radical (unpaired) electrons. The Morgan fingerprint density at radius 3 is 2.34 bits per heavy atom. The molecule has 7 rings (SSSR count). The second kappa shape index (κ2) is 6.28. The Bertz CT molecular complexity index is 1330. The summed E-state index contributed by atoms with van der Waals surface area (Å²) < 4.78 is 0. The van der Waals surface area contributed by atoms with E-state index >= 15 is 0 Å². The quantitative estimate of drug-likeness (QED) is 0.578. The second-order valence-electron chi connectivity index (χ2n) is 9.60. The highest BCUT2D eigenvalue weighted by molar-refractivity contribution is 6.23. The van der Waals surface area contributed by atoms with Gasteiger partial charge in [0.25, 0.3) is 0 Å². The molecule has 2 heterocycles. The summed E-state index contributed by atoms with van der Waals surface area (Å²) in [6.45, 7) is 2.06. The fourth-order valence-electron chi connectivity index (χ4n) is 6.66. The van der Waals surface area contributed by atoms with Crippen LogP contribution in [-0.2, 0) is 14.4 Å². The molecular weight excluding hydrogens is 400 g/mol. The molecule has 0 spiro atoms. The summed E-state index contributed by atoms with van der Waals surface area (Å²) in [5.74, 6) is -0.490. The third-order valence-corrected chi connectivity index (χ3v) is 8.03.